The molecule has 0 fully saturated rings. The molecule has 1 amide bonds. The number of carbonyl (C=O) groups is 4. The molecule has 2 atom stereocenters. The van der Waals surface area contributed by atoms with Crippen LogP contribution in [0.15, 0.2) is 30.3 Å². The Morgan fingerprint density at radius 2 is 1.73 bits per heavy atom. The lowest BCUT2D eigenvalue weighted by atomic mass is 9.99. The highest BCUT2D eigenvalue weighted by Crippen LogP contribution is 2.16. The van der Waals surface area contributed by atoms with Crippen molar-refractivity contribution >= 4 is 34.7 Å². The van der Waals surface area contributed by atoms with Gasteiger partial charge in [-0.05, 0) is 12.0 Å². The van der Waals surface area contributed by atoms with Crippen LogP contribution in [-0.4, -0.2) is 49.0 Å². The summed E-state index contributed by atoms with van der Waals surface area (Å²) in [5, 5.41) is 2.44. The first-order valence-electron chi connectivity index (χ1n) is 7.99. The maximum Gasteiger partial charge on any atom is 0.328 e. The molecule has 0 aliphatic carbocycles. The molecule has 7 nitrogen and oxygen atoms in total. The second-order valence-corrected chi connectivity index (χ2v) is 6.75. The van der Waals surface area contributed by atoms with Gasteiger partial charge in [-0.2, -0.15) is 0 Å². The van der Waals surface area contributed by atoms with Crippen molar-refractivity contribution in [2.75, 3.05) is 20.0 Å². The van der Waals surface area contributed by atoms with Crippen LogP contribution >= 0.6 is 11.8 Å². The number of thioether (sulfide) groups is 1. The van der Waals surface area contributed by atoms with Crippen molar-refractivity contribution in [3.8, 4) is 0 Å². The van der Waals surface area contributed by atoms with E-state index in [9.17, 15) is 19.2 Å². The van der Waals surface area contributed by atoms with Gasteiger partial charge in [0.2, 0.25) is 5.91 Å². The van der Waals surface area contributed by atoms with Crippen molar-refractivity contribution in [1.29, 1.82) is 0 Å². The first-order chi connectivity index (χ1) is 12.4. The molecule has 1 unspecified atom stereocenters. The molecule has 0 saturated carbocycles. The fourth-order valence-corrected chi connectivity index (χ4v) is 2.92. The second kappa shape index (κ2) is 11.3. The minimum atomic E-state index is -1.14. The van der Waals surface area contributed by atoms with Crippen LogP contribution in [0, 0.1) is 5.92 Å². The van der Waals surface area contributed by atoms with Crippen molar-refractivity contribution in [3.63, 3.8) is 0 Å². The Labute approximate surface area is 156 Å². The molecule has 142 valence electrons. The largest absolute Gasteiger partial charge is 0.469 e. The number of carbonyl (C=O) groups excluding carboxylic acids is 4. The minimum absolute atomic E-state index is 0.102. The highest BCUT2D eigenvalue weighted by Gasteiger charge is 2.29. The van der Waals surface area contributed by atoms with Crippen LogP contribution in [0.4, 0.5) is 0 Å². The third kappa shape index (κ3) is 7.69. The van der Waals surface area contributed by atoms with Gasteiger partial charge in [-0.25, -0.2) is 4.79 Å². The van der Waals surface area contributed by atoms with Gasteiger partial charge >= 0.3 is 11.9 Å². The number of amides is 1. The van der Waals surface area contributed by atoms with Crippen molar-refractivity contribution < 1.29 is 28.7 Å². The summed E-state index contributed by atoms with van der Waals surface area (Å²) in [5.41, 5.74) is 0.930. The van der Waals surface area contributed by atoms with E-state index in [-0.39, 0.29) is 17.3 Å². The Morgan fingerprint density at radius 1 is 1.08 bits per heavy atom. The number of esters is 2. The topological polar surface area (TPSA) is 98.8 Å². The van der Waals surface area contributed by atoms with E-state index in [4.69, 9.17) is 0 Å². The molecular weight excluding hydrogens is 358 g/mol. The molecule has 0 aliphatic heterocycles. The average Bonchev–Trinajstić information content (AvgIpc) is 2.64. The standard InChI is InChI=1S/C18H23NO6S/c1-12(20)26-11-14(9-13-7-5-4-6-8-13)17(22)19-15(18(23)25-3)10-16(21)24-2/h4-8,14-15H,9-11H2,1-3H3,(H,19,22)/t14?,15-/m0/s1. The summed E-state index contributed by atoms with van der Waals surface area (Å²) in [7, 11) is 2.37. The Kier molecular flexibility index (Phi) is 9.43. The molecule has 0 bridgehead atoms. The lowest BCUT2D eigenvalue weighted by molar-refractivity contribution is -0.151. The highest BCUT2D eigenvalue weighted by molar-refractivity contribution is 8.13. The summed E-state index contributed by atoms with van der Waals surface area (Å²) in [6.07, 6.45) is 0.0753. The van der Waals surface area contributed by atoms with Crippen LogP contribution in [0.1, 0.15) is 18.9 Å². The van der Waals surface area contributed by atoms with Crippen LogP contribution in [0.2, 0.25) is 0 Å². The number of hydrogen-bond donors (Lipinski definition) is 1. The monoisotopic (exact) mass is 381 g/mol. The Hall–Kier alpha value is -2.35. The maximum absolute atomic E-state index is 12.7. The predicted molar refractivity (Wildman–Crippen MR) is 97.4 cm³/mol. The molecule has 0 aromatic heterocycles. The summed E-state index contributed by atoms with van der Waals surface area (Å²) < 4.78 is 9.18. The van der Waals surface area contributed by atoms with Crippen molar-refractivity contribution in [2.45, 2.75) is 25.8 Å². The molecule has 1 aromatic rings. The van der Waals surface area contributed by atoms with E-state index >= 15 is 0 Å². The number of ether oxygens (including phenoxy) is 2. The van der Waals surface area contributed by atoms with Crippen molar-refractivity contribution in [2.24, 2.45) is 5.92 Å². The third-order valence-corrected chi connectivity index (χ3v) is 4.56. The van der Waals surface area contributed by atoms with Gasteiger partial charge in [0.25, 0.3) is 0 Å². The van der Waals surface area contributed by atoms with E-state index in [1.165, 1.54) is 21.1 Å². The Morgan fingerprint density at radius 3 is 2.27 bits per heavy atom. The minimum Gasteiger partial charge on any atom is -0.469 e. The Bertz CT molecular complexity index is 634. The van der Waals surface area contributed by atoms with Gasteiger partial charge in [0.05, 0.1) is 26.6 Å². The SMILES string of the molecule is COC(=O)C[C@H](NC(=O)C(CSC(C)=O)Cc1ccccc1)C(=O)OC. The van der Waals surface area contributed by atoms with Crippen LogP contribution in [-0.2, 0) is 35.1 Å². The fourth-order valence-electron chi connectivity index (χ4n) is 2.22. The van der Waals surface area contributed by atoms with E-state index in [1.807, 2.05) is 30.3 Å². The first kappa shape index (κ1) is 21.7. The molecule has 0 radical (unpaired) electrons. The number of benzene rings is 1. The number of nitrogens with one attached hydrogen (secondary N) is 1. The maximum atomic E-state index is 12.7. The fraction of sp³-hybridized carbons (Fsp3) is 0.444. The predicted octanol–water partition coefficient (Wildman–Crippen LogP) is 1.35. The second-order valence-electron chi connectivity index (χ2n) is 5.55. The van der Waals surface area contributed by atoms with Gasteiger partial charge in [0, 0.05) is 12.7 Å². The van der Waals surface area contributed by atoms with Gasteiger partial charge in [0.1, 0.15) is 6.04 Å². The zero-order valence-electron chi connectivity index (χ0n) is 15.0. The van der Waals surface area contributed by atoms with Gasteiger partial charge in [-0.1, -0.05) is 42.1 Å². The molecule has 1 rings (SSSR count). The molecule has 26 heavy (non-hydrogen) atoms. The third-order valence-electron chi connectivity index (χ3n) is 3.58. The number of methoxy groups -OCH3 is 2. The summed E-state index contributed by atoms with van der Waals surface area (Å²) in [6, 6.07) is 8.21. The number of hydrogen-bond acceptors (Lipinski definition) is 7. The van der Waals surface area contributed by atoms with E-state index < -0.39 is 29.8 Å². The normalized spacial score (nSPS) is 12.6. The molecule has 8 heteroatoms. The quantitative estimate of drug-likeness (QED) is 0.645. The lowest BCUT2D eigenvalue weighted by Crippen LogP contribution is -2.46. The summed E-state index contributed by atoms with van der Waals surface area (Å²) >= 11 is 1.04. The molecular formula is C18H23NO6S. The lowest BCUT2D eigenvalue weighted by Gasteiger charge is -2.20. The average molecular weight is 381 g/mol. The molecule has 1 N–H and O–H groups in total. The molecule has 1 aromatic carbocycles. The van der Waals surface area contributed by atoms with Gasteiger partial charge in [-0.15, -0.1) is 0 Å². The molecule has 0 saturated heterocycles. The molecule has 0 aliphatic rings. The Balaban J connectivity index is 2.87. The zero-order valence-corrected chi connectivity index (χ0v) is 15.8. The van der Waals surface area contributed by atoms with Crippen LogP contribution in [0.5, 0.6) is 0 Å². The molecule has 0 spiro atoms. The van der Waals surface area contributed by atoms with E-state index in [0.29, 0.717) is 6.42 Å². The molecule has 0 heterocycles. The van der Waals surface area contributed by atoms with Crippen molar-refractivity contribution in [3.05, 3.63) is 35.9 Å². The van der Waals surface area contributed by atoms with E-state index in [1.54, 1.807) is 0 Å². The zero-order chi connectivity index (χ0) is 19.5. The first-order valence-corrected chi connectivity index (χ1v) is 8.98. The van der Waals surface area contributed by atoms with E-state index in [2.05, 4.69) is 14.8 Å². The highest BCUT2D eigenvalue weighted by atomic mass is 32.2. The number of rotatable bonds is 9. The van der Waals surface area contributed by atoms with Gasteiger partial charge < -0.3 is 14.8 Å². The smallest absolute Gasteiger partial charge is 0.328 e. The van der Waals surface area contributed by atoms with Crippen LogP contribution in [0.25, 0.3) is 0 Å². The van der Waals surface area contributed by atoms with Crippen LogP contribution in [0.3, 0.4) is 0 Å². The summed E-state index contributed by atoms with van der Waals surface area (Å²) in [6.45, 7) is 1.43. The summed E-state index contributed by atoms with van der Waals surface area (Å²) in [5.74, 6) is -2.08. The van der Waals surface area contributed by atoms with Crippen molar-refractivity contribution in [1.82, 2.24) is 5.32 Å². The van der Waals surface area contributed by atoms with Crippen LogP contribution < -0.4 is 5.32 Å². The van der Waals surface area contributed by atoms with E-state index in [0.717, 1.165) is 17.3 Å². The van der Waals surface area contributed by atoms with Gasteiger partial charge in [0.15, 0.2) is 5.12 Å². The summed E-state index contributed by atoms with van der Waals surface area (Å²) in [4.78, 5) is 47.3. The van der Waals surface area contributed by atoms with Gasteiger partial charge in [-0.3, -0.25) is 14.4 Å².